The summed E-state index contributed by atoms with van der Waals surface area (Å²) >= 11 is 0. The van der Waals surface area contributed by atoms with Crippen molar-refractivity contribution in [2.24, 2.45) is 0 Å². The molecule has 0 bridgehead atoms. The van der Waals surface area contributed by atoms with Gasteiger partial charge in [0, 0.05) is 37.9 Å². The number of hydrogen-bond acceptors (Lipinski definition) is 3. The summed E-state index contributed by atoms with van der Waals surface area (Å²) in [5, 5.41) is 0. The first kappa shape index (κ1) is 18.3. The summed E-state index contributed by atoms with van der Waals surface area (Å²) in [6.07, 6.45) is 3.44. The van der Waals surface area contributed by atoms with Crippen LogP contribution >= 0.6 is 0 Å². The van der Waals surface area contributed by atoms with Gasteiger partial charge in [-0.3, -0.25) is 4.79 Å². The molecule has 3 rings (SSSR count). The van der Waals surface area contributed by atoms with Crippen molar-refractivity contribution >= 4 is 11.6 Å². The van der Waals surface area contributed by atoms with Gasteiger partial charge in [-0.1, -0.05) is 31.2 Å². The lowest BCUT2D eigenvalue weighted by atomic mass is 10.1. The Morgan fingerprint density at radius 1 is 1.12 bits per heavy atom. The molecule has 1 heterocycles. The summed E-state index contributed by atoms with van der Waals surface area (Å²) in [4.78, 5) is 17.1. The molecule has 1 amide bonds. The summed E-state index contributed by atoms with van der Waals surface area (Å²) in [5.74, 6) is 0.770. The molecular formula is C22H28N2O2. The number of ether oxygens (including phenoxy) is 1. The first-order chi connectivity index (χ1) is 12.7. The normalized spacial score (nSPS) is 13.7. The number of carbonyl (C=O) groups excluding carboxylic acids is 1. The van der Waals surface area contributed by atoms with E-state index in [0.717, 1.165) is 25.3 Å². The van der Waals surface area contributed by atoms with E-state index in [9.17, 15) is 4.79 Å². The quantitative estimate of drug-likeness (QED) is 0.743. The number of nitrogens with zero attached hydrogens (tertiary/aromatic N) is 2. The molecule has 1 fully saturated rings. The molecule has 1 aliphatic heterocycles. The number of benzene rings is 2. The molecule has 4 nitrogen and oxygen atoms in total. The van der Waals surface area contributed by atoms with Crippen LogP contribution in [0.5, 0.6) is 5.75 Å². The summed E-state index contributed by atoms with van der Waals surface area (Å²) < 4.78 is 5.65. The average Bonchev–Trinajstić information content (AvgIpc) is 3.21. The lowest BCUT2D eigenvalue weighted by Gasteiger charge is -2.24. The molecule has 0 unspecified atom stereocenters. The van der Waals surface area contributed by atoms with Crippen molar-refractivity contribution in [3.8, 4) is 5.75 Å². The van der Waals surface area contributed by atoms with E-state index >= 15 is 0 Å². The van der Waals surface area contributed by atoms with Crippen LogP contribution < -0.4 is 9.64 Å². The number of amides is 1. The zero-order valence-electron chi connectivity index (χ0n) is 15.8. The molecular weight excluding hydrogens is 324 g/mol. The highest BCUT2D eigenvalue weighted by Gasteiger charge is 2.18. The van der Waals surface area contributed by atoms with Crippen LogP contribution in [0.4, 0.5) is 5.69 Å². The van der Waals surface area contributed by atoms with Gasteiger partial charge in [0.15, 0.2) is 0 Å². The van der Waals surface area contributed by atoms with E-state index < -0.39 is 0 Å². The largest absolute Gasteiger partial charge is 0.494 e. The van der Waals surface area contributed by atoms with Crippen molar-refractivity contribution in [3.63, 3.8) is 0 Å². The molecule has 2 aromatic carbocycles. The second-order valence-electron chi connectivity index (χ2n) is 6.86. The summed E-state index contributed by atoms with van der Waals surface area (Å²) in [6, 6.07) is 15.9. The van der Waals surface area contributed by atoms with Gasteiger partial charge in [0.1, 0.15) is 5.75 Å². The van der Waals surface area contributed by atoms with E-state index in [1.807, 2.05) is 37.4 Å². The maximum atomic E-state index is 12.9. The smallest absolute Gasteiger partial charge is 0.254 e. The van der Waals surface area contributed by atoms with Gasteiger partial charge >= 0.3 is 0 Å². The minimum atomic E-state index is 0.0168. The minimum Gasteiger partial charge on any atom is -0.494 e. The molecule has 138 valence electrons. The first-order valence-corrected chi connectivity index (χ1v) is 9.50. The third-order valence-electron chi connectivity index (χ3n) is 4.75. The number of rotatable bonds is 7. The minimum absolute atomic E-state index is 0.0168. The van der Waals surface area contributed by atoms with E-state index in [-0.39, 0.29) is 5.91 Å². The summed E-state index contributed by atoms with van der Waals surface area (Å²) in [5.41, 5.74) is 3.12. The van der Waals surface area contributed by atoms with E-state index in [4.69, 9.17) is 4.74 Å². The van der Waals surface area contributed by atoms with Gasteiger partial charge in [0.25, 0.3) is 5.91 Å². The lowest BCUT2D eigenvalue weighted by molar-refractivity contribution is 0.0785. The zero-order chi connectivity index (χ0) is 18.4. The first-order valence-electron chi connectivity index (χ1n) is 9.50. The van der Waals surface area contributed by atoms with Crippen LogP contribution in [0, 0.1) is 0 Å². The van der Waals surface area contributed by atoms with Crippen LogP contribution in [0.2, 0.25) is 0 Å². The standard InChI is InChI=1S/C22H28N2O2/c1-3-15-26-20-11-8-10-18(16-20)22(25)23(2)17-19-9-4-5-12-21(19)24-13-6-7-14-24/h4-5,8-12,16H,3,6-7,13-15,17H2,1-2H3. The van der Waals surface area contributed by atoms with Gasteiger partial charge in [-0.25, -0.2) is 0 Å². The molecule has 0 atom stereocenters. The molecule has 0 radical (unpaired) electrons. The van der Waals surface area contributed by atoms with Crippen LogP contribution in [0.15, 0.2) is 48.5 Å². The van der Waals surface area contributed by atoms with Gasteiger partial charge < -0.3 is 14.5 Å². The van der Waals surface area contributed by atoms with Crippen LogP contribution in [0.25, 0.3) is 0 Å². The zero-order valence-corrected chi connectivity index (χ0v) is 15.8. The molecule has 1 aliphatic rings. The van der Waals surface area contributed by atoms with Crippen LogP contribution in [-0.4, -0.2) is 37.6 Å². The van der Waals surface area contributed by atoms with Crippen LogP contribution in [0.3, 0.4) is 0 Å². The monoisotopic (exact) mass is 352 g/mol. The summed E-state index contributed by atoms with van der Waals surface area (Å²) in [6.45, 7) is 5.54. The Morgan fingerprint density at radius 3 is 2.65 bits per heavy atom. The number of carbonyl (C=O) groups is 1. The topological polar surface area (TPSA) is 32.8 Å². The van der Waals surface area contributed by atoms with E-state index in [1.165, 1.54) is 24.1 Å². The third kappa shape index (κ3) is 4.37. The fourth-order valence-corrected chi connectivity index (χ4v) is 3.40. The second kappa shape index (κ2) is 8.75. The van der Waals surface area contributed by atoms with E-state index in [0.29, 0.717) is 18.7 Å². The summed E-state index contributed by atoms with van der Waals surface area (Å²) in [7, 11) is 1.86. The van der Waals surface area contributed by atoms with Gasteiger partial charge in [0.2, 0.25) is 0 Å². The van der Waals surface area contributed by atoms with Gasteiger partial charge in [-0.05, 0) is 49.1 Å². The van der Waals surface area contributed by atoms with Crippen molar-refractivity contribution in [1.29, 1.82) is 0 Å². The van der Waals surface area contributed by atoms with Crippen molar-refractivity contribution < 1.29 is 9.53 Å². The maximum absolute atomic E-state index is 12.9. The molecule has 0 aliphatic carbocycles. The molecule has 26 heavy (non-hydrogen) atoms. The Bertz CT molecular complexity index is 738. The number of hydrogen-bond donors (Lipinski definition) is 0. The van der Waals surface area contributed by atoms with Gasteiger partial charge in [0.05, 0.1) is 6.61 Å². The maximum Gasteiger partial charge on any atom is 0.254 e. The molecule has 0 N–H and O–H groups in total. The highest BCUT2D eigenvalue weighted by molar-refractivity contribution is 5.94. The molecule has 2 aromatic rings. The molecule has 0 saturated carbocycles. The van der Waals surface area contributed by atoms with Crippen LogP contribution in [-0.2, 0) is 6.54 Å². The SMILES string of the molecule is CCCOc1cccc(C(=O)N(C)Cc2ccccc2N2CCCC2)c1. The van der Waals surface area contributed by atoms with Gasteiger partial charge in [-0.2, -0.15) is 0 Å². The fraction of sp³-hybridized carbons (Fsp3) is 0.409. The second-order valence-corrected chi connectivity index (χ2v) is 6.86. The lowest BCUT2D eigenvalue weighted by Crippen LogP contribution is -2.28. The predicted octanol–water partition coefficient (Wildman–Crippen LogP) is 4.35. The molecule has 1 saturated heterocycles. The van der Waals surface area contributed by atoms with E-state index in [1.54, 1.807) is 4.90 Å². The highest BCUT2D eigenvalue weighted by atomic mass is 16.5. The Hall–Kier alpha value is -2.49. The molecule has 0 aromatic heterocycles. The average molecular weight is 352 g/mol. The van der Waals surface area contributed by atoms with Crippen molar-refractivity contribution in [2.75, 3.05) is 31.6 Å². The Morgan fingerprint density at radius 2 is 1.88 bits per heavy atom. The number of anilines is 1. The Balaban J connectivity index is 1.72. The molecule has 0 spiro atoms. The number of para-hydroxylation sites is 1. The van der Waals surface area contributed by atoms with Crippen molar-refractivity contribution in [1.82, 2.24) is 4.90 Å². The third-order valence-corrected chi connectivity index (χ3v) is 4.75. The highest BCUT2D eigenvalue weighted by Crippen LogP contribution is 2.26. The predicted molar refractivity (Wildman–Crippen MR) is 106 cm³/mol. The van der Waals surface area contributed by atoms with Crippen LogP contribution in [0.1, 0.15) is 42.1 Å². The van der Waals surface area contributed by atoms with Crippen molar-refractivity contribution in [2.45, 2.75) is 32.7 Å². The van der Waals surface area contributed by atoms with E-state index in [2.05, 4.69) is 30.0 Å². The van der Waals surface area contributed by atoms with Crippen molar-refractivity contribution in [3.05, 3.63) is 59.7 Å². The fourth-order valence-electron chi connectivity index (χ4n) is 3.40. The Kier molecular flexibility index (Phi) is 6.16. The van der Waals surface area contributed by atoms with Gasteiger partial charge in [-0.15, -0.1) is 0 Å². The molecule has 4 heteroatoms. The Labute approximate surface area is 156 Å².